The number of rotatable bonds is 4. The molecule has 0 aliphatic carbocycles. The van der Waals surface area contributed by atoms with Gasteiger partial charge in [0.05, 0.1) is 31.0 Å². The summed E-state index contributed by atoms with van der Waals surface area (Å²) in [5, 5.41) is 15.1. The molecule has 0 saturated carbocycles. The van der Waals surface area contributed by atoms with Gasteiger partial charge in [-0.2, -0.15) is 5.26 Å². The molecule has 27 heavy (non-hydrogen) atoms. The Hall–Kier alpha value is -1.99. The van der Waals surface area contributed by atoms with E-state index in [4.69, 9.17) is 9.47 Å². The van der Waals surface area contributed by atoms with Gasteiger partial charge in [0.15, 0.2) is 0 Å². The Kier molecular flexibility index (Phi) is 6.11. The van der Waals surface area contributed by atoms with Crippen LogP contribution >= 0.6 is 11.3 Å². The third kappa shape index (κ3) is 4.84. The molecule has 0 atom stereocenters. The van der Waals surface area contributed by atoms with Gasteiger partial charge in [-0.25, -0.2) is 0 Å². The summed E-state index contributed by atoms with van der Waals surface area (Å²) in [6.45, 7) is 8.43. The zero-order valence-electron chi connectivity index (χ0n) is 15.6. The topological polar surface area (TPSA) is 104 Å². The minimum Gasteiger partial charge on any atom is -0.379 e. The van der Waals surface area contributed by atoms with Crippen LogP contribution in [0.5, 0.6) is 0 Å². The van der Waals surface area contributed by atoms with Crippen LogP contribution in [0.15, 0.2) is 0 Å². The van der Waals surface area contributed by atoms with Gasteiger partial charge in [-0.15, -0.1) is 11.3 Å². The molecule has 1 aromatic heterocycles. The van der Waals surface area contributed by atoms with Crippen LogP contribution in [0.4, 0.5) is 5.00 Å². The molecule has 1 saturated heterocycles. The minimum absolute atomic E-state index is 0.349. The summed E-state index contributed by atoms with van der Waals surface area (Å²) in [6, 6.07) is 2.16. The van der Waals surface area contributed by atoms with Crippen LogP contribution in [-0.2, 0) is 32.1 Å². The van der Waals surface area contributed by atoms with Crippen LogP contribution in [0.2, 0.25) is 0 Å². The van der Waals surface area contributed by atoms with Crippen molar-refractivity contribution < 1.29 is 19.1 Å². The van der Waals surface area contributed by atoms with Crippen molar-refractivity contribution >= 4 is 28.2 Å². The van der Waals surface area contributed by atoms with Crippen molar-refractivity contribution in [3.8, 4) is 6.07 Å². The van der Waals surface area contributed by atoms with E-state index in [2.05, 4.69) is 21.6 Å². The number of nitrogens with zero attached hydrogens (tertiary/aromatic N) is 2. The Balaban J connectivity index is 1.56. The summed E-state index contributed by atoms with van der Waals surface area (Å²) in [7, 11) is 0. The summed E-state index contributed by atoms with van der Waals surface area (Å²) in [6.07, 6.45) is 0.601. The van der Waals surface area contributed by atoms with Gasteiger partial charge in [-0.05, 0) is 19.4 Å². The van der Waals surface area contributed by atoms with Crippen LogP contribution in [0.25, 0.3) is 0 Å². The number of fused-ring (bicyclic) bond motifs is 1. The number of nitrogens with one attached hydrogen (secondary N) is 2. The molecule has 1 aromatic rings. The third-order valence-electron chi connectivity index (χ3n) is 4.65. The van der Waals surface area contributed by atoms with Crippen LogP contribution in [0.1, 0.15) is 29.9 Å². The van der Waals surface area contributed by atoms with E-state index in [1.54, 1.807) is 0 Å². The fraction of sp³-hybridized carbons (Fsp3) is 0.611. The molecule has 0 unspecified atom stereocenters. The Morgan fingerprint density at radius 2 is 2.04 bits per heavy atom. The molecule has 2 aliphatic rings. The summed E-state index contributed by atoms with van der Waals surface area (Å²) in [5.41, 5.74) is 0.986. The lowest BCUT2D eigenvalue weighted by molar-refractivity contribution is -0.136. The van der Waals surface area contributed by atoms with Crippen molar-refractivity contribution in [3.05, 3.63) is 16.0 Å². The van der Waals surface area contributed by atoms with E-state index < -0.39 is 11.8 Å². The summed E-state index contributed by atoms with van der Waals surface area (Å²) < 4.78 is 11.0. The molecule has 146 valence electrons. The number of anilines is 1. The zero-order valence-corrected chi connectivity index (χ0v) is 16.4. The number of carbonyl (C=O) groups is 2. The number of carbonyl (C=O) groups excluding carboxylic acids is 2. The maximum atomic E-state index is 12.2. The van der Waals surface area contributed by atoms with Gasteiger partial charge in [0.25, 0.3) is 0 Å². The summed E-state index contributed by atoms with van der Waals surface area (Å²) >= 11 is 1.30. The smallest absolute Gasteiger partial charge is 0.314 e. The van der Waals surface area contributed by atoms with Crippen molar-refractivity contribution in [2.24, 2.45) is 0 Å². The maximum absolute atomic E-state index is 12.2. The molecule has 2 N–H and O–H groups in total. The quantitative estimate of drug-likeness (QED) is 0.737. The van der Waals surface area contributed by atoms with Crippen molar-refractivity contribution in [1.29, 1.82) is 5.26 Å². The highest BCUT2D eigenvalue weighted by Gasteiger charge is 2.32. The first-order valence-corrected chi connectivity index (χ1v) is 9.79. The lowest BCUT2D eigenvalue weighted by Gasteiger charge is -2.29. The van der Waals surface area contributed by atoms with E-state index in [0.29, 0.717) is 49.9 Å². The van der Waals surface area contributed by atoms with Crippen molar-refractivity contribution in [1.82, 2.24) is 10.2 Å². The molecule has 8 nitrogen and oxygen atoms in total. The van der Waals surface area contributed by atoms with Gasteiger partial charge in [-0.3, -0.25) is 14.5 Å². The Labute approximate surface area is 162 Å². The van der Waals surface area contributed by atoms with Gasteiger partial charge < -0.3 is 20.1 Å². The first-order chi connectivity index (χ1) is 12.9. The van der Waals surface area contributed by atoms with E-state index in [9.17, 15) is 14.9 Å². The van der Waals surface area contributed by atoms with Gasteiger partial charge in [0, 0.05) is 37.5 Å². The van der Waals surface area contributed by atoms with Gasteiger partial charge in [0.1, 0.15) is 11.1 Å². The Bertz CT molecular complexity index is 762. The standard InChI is InChI=1S/C18H24N4O4S/c1-18(2)9-12-13(10-19)17(27-14(12)11-26-18)21-16(24)15(23)20-3-4-22-5-7-25-8-6-22/h3-9,11H2,1-2H3,(H,20,23)(H,21,24). The molecule has 9 heteroatoms. The largest absolute Gasteiger partial charge is 0.379 e. The normalized spacial score (nSPS) is 19.0. The highest BCUT2D eigenvalue weighted by Crippen LogP contribution is 2.39. The molecule has 2 amide bonds. The van der Waals surface area contributed by atoms with Crippen molar-refractivity contribution in [2.75, 3.05) is 44.7 Å². The number of morpholine rings is 1. The number of hydrogen-bond acceptors (Lipinski definition) is 7. The average Bonchev–Trinajstić information content (AvgIpc) is 2.97. The van der Waals surface area contributed by atoms with Crippen LogP contribution in [0, 0.1) is 11.3 Å². The molecule has 0 bridgehead atoms. The fourth-order valence-electron chi connectivity index (χ4n) is 3.15. The molecule has 3 heterocycles. The number of thiophene rings is 1. The number of amides is 2. The maximum Gasteiger partial charge on any atom is 0.314 e. The van der Waals surface area contributed by atoms with Gasteiger partial charge >= 0.3 is 11.8 Å². The zero-order chi connectivity index (χ0) is 19.4. The Morgan fingerprint density at radius 1 is 1.30 bits per heavy atom. The molecular weight excluding hydrogens is 368 g/mol. The van der Waals surface area contributed by atoms with Gasteiger partial charge in [0.2, 0.25) is 0 Å². The number of nitriles is 1. The monoisotopic (exact) mass is 392 g/mol. The van der Waals surface area contributed by atoms with E-state index in [0.717, 1.165) is 23.5 Å². The van der Waals surface area contributed by atoms with E-state index in [1.165, 1.54) is 11.3 Å². The molecule has 1 fully saturated rings. The average molecular weight is 392 g/mol. The lowest BCUT2D eigenvalue weighted by atomic mass is 9.93. The summed E-state index contributed by atoms with van der Waals surface area (Å²) in [5.74, 6) is -1.46. The summed E-state index contributed by atoms with van der Waals surface area (Å²) in [4.78, 5) is 27.4. The minimum atomic E-state index is -0.757. The first kappa shape index (κ1) is 19.8. The second kappa shape index (κ2) is 8.35. The van der Waals surface area contributed by atoms with Crippen molar-refractivity contribution in [3.63, 3.8) is 0 Å². The van der Waals surface area contributed by atoms with Crippen LogP contribution in [0.3, 0.4) is 0 Å². The predicted octanol–water partition coefficient (Wildman–Crippen LogP) is 0.858. The molecule has 2 aliphatic heterocycles. The van der Waals surface area contributed by atoms with E-state index >= 15 is 0 Å². The molecular formula is C18H24N4O4S. The van der Waals surface area contributed by atoms with Crippen LogP contribution in [-0.4, -0.2) is 61.7 Å². The number of ether oxygens (including phenoxy) is 2. The third-order valence-corrected chi connectivity index (χ3v) is 5.77. The molecule has 3 rings (SSSR count). The lowest BCUT2D eigenvalue weighted by Crippen LogP contribution is -2.43. The molecule has 0 aromatic carbocycles. The highest BCUT2D eigenvalue weighted by molar-refractivity contribution is 7.16. The molecule has 0 spiro atoms. The van der Waals surface area contributed by atoms with Crippen LogP contribution < -0.4 is 10.6 Å². The first-order valence-electron chi connectivity index (χ1n) is 8.97. The second-order valence-electron chi connectivity index (χ2n) is 7.21. The second-order valence-corrected chi connectivity index (χ2v) is 8.31. The van der Waals surface area contributed by atoms with Crippen molar-refractivity contribution in [2.45, 2.75) is 32.5 Å². The van der Waals surface area contributed by atoms with Gasteiger partial charge in [-0.1, -0.05) is 0 Å². The SMILES string of the molecule is CC1(C)Cc2c(sc(NC(=O)C(=O)NCCN3CCOCC3)c2C#N)CO1. The Morgan fingerprint density at radius 3 is 2.74 bits per heavy atom. The van der Waals surface area contributed by atoms with E-state index in [1.807, 2.05) is 13.8 Å². The highest BCUT2D eigenvalue weighted by atomic mass is 32.1. The predicted molar refractivity (Wildman–Crippen MR) is 101 cm³/mol. The van der Waals surface area contributed by atoms with E-state index in [-0.39, 0.29) is 5.60 Å². The number of hydrogen-bond donors (Lipinski definition) is 2. The fourth-order valence-corrected chi connectivity index (χ4v) is 4.23. The molecule has 0 radical (unpaired) electrons.